The highest BCUT2D eigenvalue weighted by Gasteiger charge is 2.32. The molecule has 24 heavy (non-hydrogen) atoms. The molecule has 0 aliphatic carbocycles. The minimum atomic E-state index is -4.55. The van der Waals surface area contributed by atoms with Crippen molar-refractivity contribution in [2.75, 3.05) is 5.75 Å². The van der Waals surface area contributed by atoms with Gasteiger partial charge in [0.1, 0.15) is 11.4 Å². The predicted molar refractivity (Wildman–Crippen MR) is 89.1 cm³/mol. The van der Waals surface area contributed by atoms with Crippen LogP contribution in [0.4, 0.5) is 13.2 Å². The fraction of sp³-hybridized carbons (Fsp3) is 0.286. The lowest BCUT2D eigenvalue weighted by Crippen LogP contribution is -2.08. The Hall–Kier alpha value is -1.38. The van der Waals surface area contributed by atoms with Gasteiger partial charge in [-0.1, -0.05) is 35.3 Å². The Bertz CT molecular complexity index is 767. The molecule has 0 saturated heterocycles. The van der Waals surface area contributed by atoms with Gasteiger partial charge in [-0.05, 0) is 24.8 Å². The molecule has 1 aromatic heterocycles. The van der Waals surface area contributed by atoms with Gasteiger partial charge in [-0.2, -0.15) is 18.3 Å². The first-order chi connectivity index (χ1) is 11.2. The molecule has 1 N–H and O–H groups in total. The summed E-state index contributed by atoms with van der Waals surface area (Å²) in [6.45, 7) is 3.66. The zero-order chi connectivity index (χ0) is 18.1. The van der Waals surface area contributed by atoms with E-state index in [9.17, 15) is 13.2 Å². The Labute approximate surface area is 150 Å². The van der Waals surface area contributed by atoms with Gasteiger partial charge in [-0.3, -0.25) is 0 Å². The van der Waals surface area contributed by atoms with E-state index in [-0.39, 0.29) is 15.7 Å². The second kappa shape index (κ2) is 7.25. The molecule has 4 nitrogen and oxygen atoms in total. The van der Waals surface area contributed by atoms with E-state index in [1.807, 2.05) is 6.92 Å². The van der Waals surface area contributed by atoms with Crippen molar-refractivity contribution in [2.45, 2.75) is 24.9 Å². The zero-order valence-electron chi connectivity index (χ0n) is 12.5. The molecule has 1 heterocycles. The third-order valence-electron chi connectivity index (χ3n) is 3.11. The Balaban J connectivity index is 2.67. The van der Waals surface area contributed by atoms with Crippen LogP contribution in [0.2, 0.25) is 10.0 Å². The summed E-state index contributed by atoms with van der Waals surface area (Å²) in [4.78, 5) is 0.724. The van der Waals surface area contributed by atoms with Crippen LogP contribution in [0.5, 0.6) is 0 Å². The maximum Gasteiger partial charge on any atom is 0.416 e. The molecule has 0 aliphatic rings. The molecular formula is C14H12Cl2F3N3OS. The normalized spacial score (nSPS) is 12.3. The monoisotopic (exact) mass is 397 g/mol. The summed E-state index contributed by atoms with van der Waals surface area (Å²) in [5, 5.41) is 15.6. The summed E-state index contributed by atoms with van der Waals surface area (Å²) in [6.07, 6.45) is -3.41. The first-order valence-corrected chi connectivity index (χ1v) is 8.41. The van der Waals surface area contributed by atoms with E-state index in [2.05, 4.69) is 10.3 Å². The minimum absolute atomic E-state index is 0.138. The van der Waals surface area contributed by atoms with Crippen molar-refractivity contribution in [2.24, 2.45) is 5.16 Å². The average molecular weight is 398 g/mol. The van der Waals surface area contributed by atoms with Crippen LogP contribution < -0.4 is 0 Å². The molecular weight excluding hydrogens is 386 g/mol. The molecule has 0 amide bonds. The second-order valence-corrected chi connectivity index (χ2v) is 6.76. The number of hydrogen-bond acceptors (Lipinski definition) is 4. The highest BCUT2D eigenvalue weighted by molar-refractivity contribution is 7.99. The maximum atomic E-state index is 12.8. The van der Waals surface area contributed by atoms with Crippen LogP contribution in [0.15, 0.2) is 22.2 Å². The number of nitrogens with zero attached hydrogens (tertiary/aromatic N) is 3. The van der Waals surface area contributed by atoms with E-state index in [0.717, 1.165) is 29.0 Å². The number of benzene rings is 1. The van der Waals surface area contributed by atoms with E-state index >= 15 is 0 Å². The Kier molecular flexibility index (Phi) is 5.72. The number of thioether (sulfide) groups is 1. The molecule has 0 saturated carbocycles. The lowest BCUT2D eigenvalue weighted by molar-refractivity contribution is -0.137. The third-order valence-corrected chi connectivity index (χ3v) is 4.77. The van der Waals surface area contributed by atoms with Gasteiger partial charge in [0.15, 0.2) is 0 Å². The second-order valence-electron chi connectivity index (χ2n) is 4.68. The molecule has 0 unspecified atom stereocenters. The van der Waals surface area contributed by atoms with Crippen molar-refractivity contribution in [3.63, 3.8) is 0 Å². The molecule has 0 fully saturated rings. The lowest BCUT2D eigenvalue weighted by atomic mass is 10.2. The predicted octanol–water partition coefficient (Wildman–Crippen LogP) is 5.43. The highest BCUT2D eigenvalue weighted by Crippen LogP contribution is 2.39. The van der Waals surface area contributed by atoms with Crippen molar-refractivity contribution in [3.8, 4) is 5.69 Å². The minimum Gasteiger partial charge on any atom is -0.411 e. The van der Waals surface area contributed by atoms with Gasteiger partial charge < -0.3 is 5.21 Å². The standard InChI is InChI=1S/C14H12Cl2F3N3OS/c1-3-24-13-7(2)22(21-11(13)6-20-23)12-9(15)4-8(5-10(12)16)14(17,18)19/h4-6,23H,3H2,1-2H3/b20-6+. The number of alkyl halides is 3. The van der Waals surface area contributed by atoms with E-state index < -0.39 is 11.7 Å². The van der Waals surface area contributed by atoms with Crippen molar-refractivity contribution >= 4 is 41.2 Å². The van der Waals surface area contributed by atoms with E-state index in [0.29, 0.717) is 11.4 Å². The highest BCUT2D eigenvalue weighted by atomic mass is 35.5. The van der Waals surface area contributed by atoms with Crippen LogP contribution in [-0.4, -0.2) is 27.0 Å². The summed E-state index contributed by atoms with van der Waals surface area (Å²) in [5.41, 5.74) is 0.194. The van der Waals surface area contributed by atoms with Crippen molar-refractivity contribution < 1.29 is 18.4 Å². The molecule has 1 aromatic carbocycles. The number of halogens is 5. The summed E-state index contributed by atoms with van der Waals surface area (Å²) < 4.78 is 39.9. The SMILES string of the molecule is CCSc1c(/C=N/O)nn(-c2c(Cl)cc(C(F)(F)F)cc2Cl)c1C. The zero-order valence-corrected chi connectivity index (χ0v) is 14.9. The molecule has 10 heteroatoms. The molecule has 0 bridgehead atoms. The van der Waals surface area contributed by atoms with Crippen LogP contribution in [0.1, 0.15) is 23.9 Å². The number of rotatable bonds is 4. The van der Waals surface area contributed by atoms with Gasteiger partial charge >= 0.3 is 6.18 Å². The van der Waals surface area contributed by atoms with Gasteiger partial charge in [-0.15, -0.1) is 11.8 Å². The molecule has 130 valence electrons. The van der Waals surface area contributed by atoms with Crippen LogP contribution in [0, 0.1) is 6.92 Å². The van der Waals surface area contributed by atoms with Crippen LogP contribution in [0.25, 0.3) is 5.69 Å². The number of aromatic nitrogens is 2. The quantitative estimate of drug-likeness (QED) is 0.324. The van der Waals surface area contributed by atoms with Gasteiger partial charge in [0.2, 0.25) is 0 Å². The fourth-order valence-electron chi connectivity index (χ4n) is 2.12. The largest absolute Gasteiger partial charge is 0.416 e. The molecule has 2 aromatic rings. The molecule has 0 aliphatic heterocycles. The fourth-order valence-corrected chi connectivity index (χ4v) is 3.59. The maximum absolute atomic E-state index is 12.8. The lowest BCUT2D eigenvalue weighted by Gasteiger charge is -2.13. The van der Waals surface area contributed by atoms with Gasteiger partial charge in [-0.25, -0.2) is 4.68 Å². The summed E-state index contributed by atoms with van der Waals surface area (Å²) in [5.74, 6) is 0.729. The van der Waals surface area contributed by atoms with Crippen molar-refractivity contribution in [1.82, 2.24) is 9.78 Å². The summed E-state index contributed by atoms with van der Waals surface area (Å²) >= 11 is 13.5. The molecule has 0 radical (unpaired) electrons. The third kappa shape index (κ3) is 3.65. The first kappa shape index (κ1) is 19.0. The average Bonchev–Trinajstić information content (AvgIpc) is 2.76. The Morgan fingerprint density at radius 2 is 1.92 bits per heavy atom. The van der Waals surface area contributed by atoms with Crippen molar-refractivity contribution in [1.29, 1.82) is 0 Å². The van der Waals surface area contributed by atoms with Gasteiger partial charge in [0.05, 0.1) is 32.4 Å². The van der Waals surface area contributed by atoms with Gasteiger partial charge in [0.25, 0.3) is 0 Å². The van der Waals surface area contributed by atoms with Crippen LogP contribution in [-0.2, 0) is 6.18 Å². The topological polar surface area (TPSA) is 50.4 Å². The van der Waals surface area contributed by atoms with E-state index in [4.69, 9.17) is 28.4 Å². The Morgan fingerprint density at radius 1 is 1.33 bits per heavy atom. The summed E-state index contributed by atoms with van der Waals surface area (Å²) in [6, 6.07) is 1.60. The van der Waals surface area contributed by atoms with E-state index in [1.165, 1.54) is 16.4 Å². The van der Waals surface area contributed by atoms with Crippen LogP contribution in [0.3, 0.4) is 0 Å². The first-order valence-electron chi connectivity index (χ1n) is 6.67. The van der Waals surface area contributed by atoms with E-state index in [1.54, 1.807) is 6.92 Å². The number of oxime groups is 1. The van der Waals surface area contributed by atoms with Crippen molar-refractivity contribution in [3.05, 3.63) is 39.1 Å². The molecule has 0 spiro atoms. The molecule has 0 atom stereocenters. The summed E-state index contributed by atoms with van der Waals surface area (Å²) in [7, 11) is 0. The molecule has 2 rings (SSSR count). The Morgan fingerprint density at radius 3 is 2.38 bits per heavy atom. The smallest absolute Gasteiger partial charge is 0.411 e. The number of hydrogen-bond donors (Lipinski definition) is 1. The van der Waals surface area contributed by atoms with Crippen LogP contribution >= 0.6 is 35.0 Å². The van der Waals surface area contributed by atoms with Gasteiger partial charge in [0, 0.05) is 0 Å².